The van der Waals surface area contributed by atoms with Gasteiger partial charge in [0.25, 0.3) is 0 Å². The van der Waals surface area contributed by atoms with Gasteiger partial charge in [-0.1, -0.05) is 0 Å². The van der Waals surface area contributed by atoms with Crippen LogP contribution in [0.2, 0.25) is 0 Å². The maximum absolute atomic E-state index is 10.1. The summed E-state index contributed by atoms with van der Waals surface area (Å²) in [5.41, 5.74) is 4.65. The zero-order valence-corrected chi connectivity index (χ0v) is 5.51. The summed E-state index contributed by atoms with van der Waals surface area (Å²) in [5, 5.41) is 0. The van der Waals surface area contributed by atoms with Gasteiger partial charge >= 0.3 is 0 Å². The van der Waals surface area contributed by atoms with E-state index >= 15 is 0 Å². The molecule has 0 bridgehead atoms. The lowest BCUT2D eigenvalue weighted by Crippen LogP contribution is -2.15. The highest BCUT2D eigenvalue weighted by Gasteiger charge is 1.93. The second kappa shape index (κ2) is 3.64. The van der Waals surface area contributed by atoms with Crippen LogP contribution in [-0.4, -0.2) is 19.2 Å². The Bertz CT molecular complexity index is 99.1. The molecule has 0 rings (SSSR count). The van der Waals surface area contributed by atoms with Crippen LogP contribution in [-0.2, 0) is 13.9 Å². The minimum absolute atomic E-state index is 0.242. The van der Waals surface area contributed by atoms with Crippen LogP contribution in [0.5, 0.6) is 0 Å². The molecule has 0 aromatic heterocycles. The number of hydrogen-bond donors (Lipinski definition) is 1. The van der Waals surface area contributed by atoms with E-state index in [1.807, 2.05) is 0 Å². The SMILES string of the molecule is C[PH](=O)OCC(N)=O. The van der Waals surface area contributed by atoms with E-state index in [1.165, 1.54) is 6.66 Å². The molecule has 1 unspecified atom stereocenters. The molecule has 0 radical (unpaired) electrons. The molecule has 0 aromatic carbocycles. The van der Waals surface area contributed by atoms with Crippen LogP contribution in [0.1, 0.15) is 0 Å². The van der Waals surface area contributed by atoms with Gasteiger partial charge in [0, 0.05) is 6.66 Å². The van der Waals surface area contributed by atoms with Gasteiger partial charge in [-0.05, 0) is 0 Å². The first kappa shape index (κ1) is 7.66. The average Bonchev–Trinajstić information content (AvgIpc) is 1.61. The number of carbonyl (C=O) groups excluding carboxylic acids is 1. The molecule has 5 heteroatoms. The van der Waals surface area contributed by atoms with Crippen LogP contribution in [0.3, 0.4) is 0 Å². The summed E-state index contributed by atoms with van der Waals surface area (Å²) in [6.07, 6.45) is 0. The third kappa shape index (κ3) is 5.66. The molecule has 8 heavy (non-hydrogen) atoms. The van der Waals surface area contributed by atoms with Crippen molar-refractivity contribution in [3.05, 3.63) is 0 Å². The van der Waals surface area contributed by atoms with E-state index in [9.17, 15) is 9.36 Å². The van der Waals surface area contributed by atoms with E-state index in [0.717, 1.165) is 0 Å². The summed E-state index contributed by atoms with van der Waals surface area (Å²) >= 11 is 0. The summed E-state index contributed by atoms with van der Waals surface area (Å²) in [6.45, 7) is 1.15. The fraction of sp³-hybridized carbons (Fsp3) is 0.667. The molecule has 0 aromatic rings. The van der Waals surface area contributed by atoms with Crippen molar-refractivity contribution in [1.29, 1.82) is 0 Å². The number of primary amides is 1. The molecular weight excluding hydrogens is 129 g/mol. The Hall–Kier alpha value is -0.340. The third-order valence-corrected chi connectivity index (χ3v) is 0.969. The van der Waals surface area contributed by atoms with Crippen molar-refractivity contribution in [3.63, 3.8) is 0 Å². The lowest BCUT2D eigenvalue weighted by atomic mass is 10.7. The topological polar surface area (TPSA) is 69.4 Å². The molecule has 0 fully saturated rings. The maximum Gasteiger partial charge on any atom is 0.243 e. The van der Waals surface area contributed by atoms with Crippen molar-refractivity contribution in [3.8, 4) is 0 Å². The second-order valence-electron chi connectivity index (χ2n) is 1.25. The summed E-state index contributed by atoms with van der Waals surface area (Å²) in [6, 6.07) is 0. The Morgan fingerprint density at radius 2 is 2.38 bits per heavy atom. The van der Waals surface area contributed by atoms with Crippen LogP contribution in [0.25, 0.3) is 0 Å². The molecule has 0 heterocycles. The Balaban J connectivity index is 3.18. The van der Waals surface area contributed by atoms with Crippen molar-refractivity contribution < 1.29 is 13.9 Å². The van der Waals surface area contributed by atoms with E-state index in [4.69, 9.17) is 0 Å². The largest absolute Gasteiger partial charge is 0.368 e. The molecule has 2 N–H and O–H groups in total. The molecular formula is C3H8NO3P. The lowest BCUT2D eigenvalue weighted by molar-refractivity contribution is -0.119. The first-order chi connectivity index (χ1) is 3.63. The quantitative estimate of drug-likeness (QED) is 0.537. The lowest BCUT2D eigenvalue weighted by Gasteiger charge is -1.92. The molecule has 1 amide bonds. The standard InChI is InChI=1S/C3H8NO3P/c1-8(6)7-2-3(4)5/h8H,2H2,1H3,(H2,4,5). The summed E-state index contributed by atoms with van der Waals surface area (Å²) in [7, 11) is -1.98. The average molecular weight is 137 g/mol. The molecule has 0 saturated carbocycles. The Morgan fingerprint density at radius 3 is 2.50 bits per heavy atom. The van der Waals surface area contributed by atoms with Crippen molar-refractivity contribution in [2.75, 3.05) is 13.3 Å². The van der Waals surface area contributed by atoms with E-state index in [-0.39, 0.29) is 6.61 Å². The minimum Gasteiger partial charge on any atom is -0.368 e. The van der Waals surface area contributed by atoms with Gasteiger partial charge in [-0.3, -0.25) is 9.36 Å². The van der Waals surface area contributed by atoms with Gasteiger partial charge in [-0.25, -0.2) is 0 Å². The van der Waals surface area contributed by atoms with Crippen molar-refractivity contribution in [2.24, 2.45) is 5.73 Å². The van der Waals surface area contributed by atoms with Crippen LogP contribution in [0.4, 0.5) is 0 Å². The van der Waals surface area contributed by atoms with E-state index in [1.54, 1.807) is 0 Å². The number of nitrogens with two attached hydrogens (primary N) is 1. The van der Waals surface area contributed by atoms with Gasteiger partial charge < -0.3 is 10.3 Å². The van der Waals surface area contributed by atoms with Gasteiger partial charge in [0.05, 0.1) is 0 Å². The maximum atomic E-state index is 10.1. The van der Waals surface area contributed by atoms with Crippen molar-refractivity contribution >= 4 is 13.9 Å². The van der Waals surface area contributed by atoms with E-state index < -0.39 is 13.9 Å². The smallest absolute Gasteiger partial charge is 0.243 e. The second-order valence-corrected chi connectivity index (χ2v) is 2.52. The van der Waals surface area contributed by atoms with Gasteiger partial charge in [-0.2, -0.15) is 0 Å². The summed E-state index contributed by atoms with van der Waals surface area (Å²) in [4.78, 5) is 9.88. The zero-order chi connectivity index (χ0) is 6.57. The molecule has 0 spiro atoms. The monoisotopic (exact) mass is 137 g/mol. The van der Waals surface area contributed by atoms with E-state index in [0.29, 0.717) is 0 Å². The Kier molecular flexibility index (Phi) is 3.48. The normalized spacial score (nSPS) is 13.1. The number of carbonyl (C=O) groups is 1. The van der Waals surface area contributed by atoms with Crippen molar-refractivity contribution in [2.45, 2.75) is 0 Å². The third-order valence-electron chi connectivity index (χ3n) is 0.418. The van der Waals surface area contributed by atoms with Crippen LogP contribution >= 0.6 is 8.03 Å². The Labute approximate surface area is 47.9 Å². The van der Waals surface area contributed by atoms with Gasteiger partial charge in [0.15, 0.2) is 8.03 Å². The molecule has 0 aliphatic heterocycles. The highest BCUT2D eigenvalue weighted by Crippen LogP contribution is 2.13. The first-order valence-corrected chi connectivity index (χ1v) is 3.86. The molecule has 0 aliphatic rings. The molecule has 0 aliphatic carbocycles. The highest BCUT2D eigenvalue weighted by molar-refractivity contribution is 7.38. The zero-order valence-electron chi connectivity index (χ0n) is 4.51. The number of rotatable bonds is 3. The summed E-state index contributed by atoms with van der Waals surface area (Å²) in [5.74, 6) is -0.592. The first-order valence-electron chi connectivity index (χ1n) is 2.04. The predicted molar refractivity (Wildman–Crippen MR) is 30.1 cm³/mol. The van der Waals surface area contributed by atoms with Crippen LogP contribution in [0, 0.1) is 0 Å². The highest BCUT2D eigenvalue weighted by atomic mass is 31.1. The molecule has 0 saturated heterocycles. The van der Waals surface area contributed by atoms with Gasteiger partial charge in [0.2, 0.25) is 5.91 Å². The van der Waals surface area contributed by atoms with Crippen LogP contribution in [0.15, 0.2) is 0 Å². The van der Waals surface area contributed by atoms with Gasteiger partial charge in [-0.15, -0.1) is 0 Å². The minimum atomic E-state index is -1.98. The van der Waals surface area contributed by atoms with E-state index in [2.05, 4.69) is 10.3 Å². The fourth-order valence-electron chi connectivity index (χ4n) is 0.173. The molecule has 48 valence electrons. The summed E-state index contributed by atoms with van der Waals surface area (Å²) < 4.78 is 14.5. The molecule has 4 nitrogen and oxygen atoms in total. The number of amides is 1. The molecule has 1 atom stereocenters. The fourth-order valence-corrected chi connectivity index (χ4v) is 0.518. The van der Waals surface area contributed by atoms with Crippen LogP contribution < -0.4 is 5.73 Å². The van der Waals surface area contributed by atoms with Gasteiger partial charge in [0.1, 0.15) is 6.61 Å². The number of hydrogen-bond acceptors (Lipinski definition) is 3. The Morgan fingerprint density at radius 1 is 1.88 bits per heavy atom. The predicted octanol–water partition coefficient (Wildman–Crippen LogP) is -0.407. The van der Waals surface area contributed by atoms with Crippen molar-refractivity contribution in [1.82, 2.24) is 0 Å².